The number of tetrazole rings is 1. The van der Waals surface area contributed by atoms with E-state index in [1.54, 1.807) is 45.2 Å². The molecule has 1 atom stereocenters. The fourth-order valence-electron chi connectivity index (χ4n) is 3.95. The zero-order chi connectivity index (χ0) is 27.9. The van der Waals surface area contributed by atoms with Crippen LogP contribution in [-0.2, 0) is 33.5 Å². The van der Waals surface area contributed by atoms with Crippen LogP contribution in [0.5, 0.6) is 0 Å². The van der Waals surface area contributed by atoms with Crippen molar-refractivity contribution in [2.45, 2.75) is 59.3 Å². The Morgan fingerprint density at radius 3 is 2.26 bits per heavy atom. The highest BCUT2D eigenvalue weighted by atomic mass is 32.1. The van der Waals surface area contributed by atoms with Crippen LogP contribution < -0.4 is 10.6 Å². The summed E-state index contributed by atoms with van der Waals surface area (Å²) in [6, 6.07) is 16.5. The van der Waals surface area contributed by atoms with Crippen LogP contribution in [0.25, 0.3) is 11.4 Å². The summed E-state index contributed by atoms with van der Waals surface area (Å²) in [5, 5.41) is 17.7. The number of rotatable bonds is 8. The summed E-state index contributed by atoms with van der Waals surface area (Å²) >= 11 is 5.47. The quantitative estimate of drug-likeness (QED) is 0.320. The average Bonchev–Trinajstić information content (AvgIpc) is 3.28. The van der Waals surface area contributed by atoms with Crippen LogP contribution in [0, 0.1) is 5.41 Å². The first-order valence-electron chi connectivity index (χ1n) is 12.2. The molecule has 3 rings (SSSR count). The highest BCUT2D eigenvalue weighted by Crippen LogP contribution is 2.37. The van der Waals surface area contributed by atoms with E-state index < -0.39 is 17.6 Å². The van der Waals surface area contributed by atoms with Gasteiger partial charge in [-0.25, -0.2) is 9.59 Å². The molecule has 3 aromatic rings. The predicted molar refractivity (Wildman–Crippen MR) is 147 cm³/mol. The largest absolute Gasteiger partial charge is 0.461 e. The summed E-state index contributed by atoms with van der Waals surface area (Å²) in [7, 11) is 1.68. The number of ether oxygens (including phenoxy) is 2. The van der Waals surface area contributed by atoms with Gasteiger partial charge in [-0.1, -0.05) is 75.4 Å². The van der Waals surface area contributed by atoms with E-state index in [0.717, 1.165) is 11.1 Å². The summed E-state index contributed by atoms with van der Waals surface area (Å²) in [6.07, 6.45) is -0.795. The van der Waals surface area contributed by atoms with E-state index in [2.05, 4.69) is 26.0 Å². The van der Waals surface area contributed by atoms with E-state index in [1.807, 2.05) is 51.1 Å². The second kappa shape index (κ2) is 12.1. The maximum Gasteiger partial charge on any atom is 0.413 e. The molecule has 2 N–H and O–H groups in total. The van der Waals surface area contributed by atoms with E-state index in [0.29, 0.717) is 17.8 Å². The van der Waals surface area contributed by atoms with Gasteiger partial charge in [-0.2, -0.15) is 4.80 Å². The molecule has 10 nitrogen and oxygen atoms in total. The number of carbonyl (C=O) groups is 2. The van der Waals surface area contributed by atoms with Crippen LogP contribution in [0.1, 0.15) is 52.2 Å². The minimum Gasteiger partial charge on any atom is -0.461 e. The van der Waals surface area contributed by atoms with E-state index in [4.69, 9.17) is 21.7 Å². The Balaban J connectivity index is 1.90. The maximum absolute atomic E-state index is 13.7. The lowest BCUT2D eigenvalue weighted by Crippen LogP contribution is -2.58. The van der Waals surface area contributed by atoms with Crippen molar-refractivity contribution in [1.29, 1.82) is 0 Å². The van der Waals surface area contributed by atoms with Crippen molar-refractivity contribution in [2.24, 2.45) is 12.5 Å². The maximum atomic E-state index is 13.7. The third kappa shape index (κ3) is 7.82. The molecule has 0 aliphatic rings. The minimum absolute atomic E-state index is 0.0623. The number of carbonyl (C=O) groups excluding carboxylic acids is 2. The van der Waals surface area contributed by atoms with Crippen LogP contribution in [0.4, 0.5) is 4.79 Å². The topological polar surface area (TPSA) is 120 Å². The Hall–Kier alpha value is -3.86. The molecule has 0 saturated carbocycles. The van der Waals surface area contributed by atoms with Gasteiger partial charge in [0.05, 0.1) is 13.2 Å². The molecule has 202 valence electrons. The molecule has 0 bridgehead atoms. The summed E-state index contributed by atoms with van der Waals surface area (Å²) in [6.45, 7) is 9.66. The van der Waals surface area contributed by atoms with Crippen molar-refractivity contribution in [3.05, 3.63) is 65.7 Å². The van der Waals surface area contributed by atoms with Gasteiger partial charge in [0.25, 0.3) is 0 Å². The zero-order valence-electron chi connectivity index (χ0n) is 22.5. The third-order valence-corrected chi connectivity index (χ3v) is 5.59. The number of hydrogen-bond donors (Lipinski definition) is 2. The summed E-state index contributed by atoms with van der Waals surface area (Å²) in [5.74, 6) is -0.0638. The molecule has 1 heterocycles. The molecule has 0 fully saturated rings. The standard InChI is InChI=1S/C27H34N6O4S/c1-18(2)37-23(34)27(17-26(3,4)5,21-14-12-20(13-15-21)22-30-32-33(6)31-22)29-24(38)28-25(35)36-16-19-10-8-7-9-11-19/h7-15,18H,16-17H2,1-6H3,(H2,28,29,35,38)/t27-/m1/s1. The lowest BCUT2D eigenvalue weighted by Gasteiger charge is -2.39. The van der Waals surface area contributed by atoms with E-state index in [1.165, 1.54) is 4.80 Å². The summed E-state index contributed by atoms with van der Waals surface area (Å²) in [5.41, 5.74) is 0.432. The third-order valence-electron chi connectivity index (χ3n) is 5.39. The van der Waals surface area contributed by atoms with Gasteiger partial charge in [0, 0.05) is 5.56 Å². The SMILES string of the molecule is CC(C)OC(=O)[C@](CC(C)(C)C)(NC(=S)NC(=O)OCc1ccccc1)c1ccc(-c2nnn(C)n2)cc1. The van der Waals surface area contributed by atoms with Crippen LogP contribution in [0.15, 0.2) is 54.6 Å². The highest BCUT2D eigenvalue weighted by molar-refractivity contribution is 7.80. The molecule has 0 radical (unpaired) electrons. The van der Waals surface area contributed by atoms with Gasteiger partial charge in [0.2, 0.25) is 5.82 Å². The molecule has 2 aromatic carbocycles. The van der Waals surface area contributed by atoms with E-state index in [9.17, 15) is 9.59 Å². The number of amides is 1. The molecular weight excluding hydrogens is 504 g/mol. The molecule has 0 spiro atoms. The Labute approximate surface area is 228 Å². The fourth-order valence-corrected chi connectivity index (χ4v) is 4.21. The first-order chi connectivity index (χ1) is 17.9. The van der Waals surface area contributed by atoms with Crippen molar-refractivity contribution < 1.29 is 19.1 Å². The number of benzene rings is 2. The van der Waals surface area contributed by atoms with Crippen LogP contribution in [0.2, 0.25) is 0 Å². The van der Waals surface area contributed by atoms with Gasteiger partial charge in [-0.15, -0.1) is 10.2 Å². The lowest BCUT2D eigenvalue weighted by molar-refractivity contribution is -0.157. The van der Waals surface area contributed by atoms with Gasteiger partial charge >= 0.3 is 12.1 Å². The molecule has 11 heteroatoms. The number of esters is 1. The fraction of sp³-hybridized carbons (Fsp3) is 0.407. The van der Waals surface area contributed by atoms with Gasteiger partial charge in [-0.3, -0.25) is 5.32 Å². The lowest BCUT2D eigenvalue weighted by atomic mass is 9.75. The summed E-state index contributed by atoms with van der Waals surface area (Å²) in [4.78, 5) is 27.6. The zero-order valence-corrected chi connectivity index (χ0v) is 23.3. The van der Waals surface area contributed by atoms with Crippen molar-refractivity contribution in [3.63, 3.8) is 0 Å². The van der Waals surface area contributed by atoms with Crippen molar-refractivity contribution >= 4 is 29.4 Å². The number of thiocarbonyl (C=S) groups is 1. The number of alkyl carbamates (subject to hydrolysis) is 1. The van der Waals surface area contributed by atoms with Gasteiger partial charge in [-0.05, 0) is 54.2 Å². The van der Waals surface area contributed by atoms with Gasteiger partial charge < -0.3 is 14.8 Å². The van der Waals surface area contributed by atoms with Crippen molar-refractivity contribution in [2.75, 3.05) is 0 Å². The van der Waals surface area contributed by atoms with Crippen molar-refractivity contribution in [1.82, 2.24) is 30.8 Å². The number of hydrogen-bond acceptors (Lipinski definition) is 8. The number of aromatic nitrogens is 4. The van der Waals surface area contributed by atoms with Crippen molar-refractivity contribution in [3.8, 4) is 11.4 Å². The molecule has 0 unspecified atom stereocenters. The monoisotopic (exact) mass is 538 g/mol. The number of aryl methyl sites for hydroxylation is 1. The predicted octanol–water partition coefficient (Wildman–Crippen LogP) is 4.26. The molecule has 0 saturated heterocycles. The van der Waals surface area contributed by atoms with E-state index in [-0.39, 0.29) is 23.2 Å². The second-order valence-corrected chi connectivity index (χ2v) is 10.8. The van der Waals surface area contributed by atoms with Crippen LogP contribution in [-0.4, -0.2) is 43.5 Å². The molecule has 38 heavy (non-hydrogen) atoms. The average molecular weight is 539 g/mol. The number of nitrogens with one attached hydrogen (secondary N) is 2. The van der Waals surface area contributed by atoms with Gasteiger partial charge in [0.1, 0.15) is 6.61 Å². The molecule has 0 aliphatic carbocycles. The van der Waals surface area contributed by atoms with E-state index >= 15 is 0 Å². The van der Waals surface area contributed by atoms with Crippen LogP contribution >= 0.6 is 12.2 Å². The Bertz CT molecular complexity index is 1250. The Morgan fingerprint density at radius 2 is 1.71 bits per heavy atom. The Kier molecular flexibility index (Phi) is 9.16. The van der Waals surface area contributed by atoms with Crippen LogP contribution in [0.3, 0.4) is 0 Å². The second-order valence-electron chi connectivity index (χ2n) is 10.4. The first-order valence-corrected chi connectivity index (χ1v) is 12.6. The summed E-state index contributed by atoms with van der Waals surface area (Å²) < 4.78 is 11.0. The molecule has 1 amide bonds. The van der Waals surface area contributed by atoms with Gasteiger partial charge in [0.15, 0.2) is 10.7 Å². The minimum atomic E-state index is -1.40. The molecule has 1 aromatic heterocycles. The molecule has 0 aliphatic heterocycles. The smallest absolute Gasteiger partial charge is 0.413 e. The first kappa shape index (κ1) is 28.7. The molecular formula is C27H34N6O4S. The highest BCUT2D eigenvalue weighted by Gasteiger charge is 2.46. The number of nitrogens with zero attached hydrogens (tertiary/aromatic N) is 4. The normalized spacial score (nSPS) is 12.9. The Morgan fingerprint density at radius 1 is 1.05 bits per heavy atom.